The fourth-order valence-corrected chi connectivity index (χ4v) is 3.01. The number of nitrogens with one attached hydrogen (secondary N) is 2. The Kier molecular flexibility index (Phi) is 5.56. The lowest BCUT2D eigenvalue weighted by Gasteiger charge is -2.16. The van der Waals surface area contributed by atoms with Gasteiger partial charge in [-0.2, -0.15) is 0 Å². The van der Waals surface area contributed by atoms with Crippen molar-refractivity contribution in [1.29, 1.82) is 0 Å². The third-order valence-electron chi connectivity index (χ3n) is 4.79. The van der Waals surface area contributed by atoms with E-state index in [1.807, 2.05) is 54.6 Å². The molecule has 0 radical (unpaired) electrons. The Balaban J connectivity index is 1.51. The lowest BCUT2D eigenvalue weighted by Crippen LogP contribution is -2.43. The summed E-state index contributed by atoms with van der Waals surface area (Å²) in [7, 11) is 1.60. The van der Waals surface area contributed by atoms with Gasteiger partial charge in [-0.05, 0) is 30.9 Å². The number of rotatable bonds is 8. The maximum atomic E-state index is 12.6. The number of ether oxygens (including phenoxy) is 1. The Morgan fingerprint density at radius 1 is 0.962 bits per heavy atom. The second kappa shape index (κ2) is 8.04. The van der Waals surface area contributed by atoms with Crippen molar-refractivity contribution >= 4 is 11.8 Å². The third kappa shape index (κ3) is 4.04. The molecule has 2 N–H and O–H groups in total. The summed E-state index contributed by atoms with van der Waals surface area (Å²) in [5.74, 6) is 0.344. The van der Waals surface area contributed by atoms with E-state index in [1.165, 1.54) is 5.56 Å². The molecule has 0 atom stereocenters. The number of carbonyl (C=O) groups excluding carboxylic acids is 2. The third-order valence-corrected chi connectivity index (χ3v) is 4.79. The summed E-state index contributed by atoms with van der Waals surface area (Å²) in [6, 6.07) is 17.5. The van der Waals surface area contributed by atoms with Crippen LogP contribution in [-0.4, -0.2) is 25.5 Å². The van der Waals surface area contributed by atoms with Crippen molar-refractivity contribution in [3.8, 4) is 5.75 Å². The Bertz CT molecular complexity index is 770. The van der Waals surface area contributed by atoms with Crippen LogP contribution in [0.15, 0.2) is 54.6 Å². The lowest BCUT2D eigenvalue weighted by atomic mass is 10.0. The molecule has 0 bridgehead atoms. The average Bonchev–Trinajstić information content (AvgIpc) is 3.49. The molecule has 3 rings (SSSR count). The van der Waals surface area contributed by atoms with Crippen molar-refractivity contribution < 1.29 is 14.3 Å². The minimum absolute atomic E-state index is 0.175. The van der Waals surface area contributed by atoms with Crippen LogP contribution < -0.4 is 15.4 Å². The van der Waals surface area contributed by atoms with Gasteiger partial charge in [0, 0.05) is 18.7 Å². The van der Waals surface area contributed by atoms with Gasteiger partial charge in [0.05, 0.1) is 7.11 Å². The average molecular weight is 352 g/mol. The molecule has 2 aromatic carbocycles. The van der Waals surface area contributed by atoms with E-state index in [1.54, 1.807) is 7.11 Å². The van der Waals surface area contributed by atoms with Gasteiger partial charge in [0.25, 0.3) is 0 Å². The van der Waals surface area contributed by atoms with E-state index >= 15 is 0 Å². The lowest BCUT2D eigenvalue weighted by molar-refractivity contribution is -0.137. The Labute approximate surface area is 153 Å². The number of hydrogen-bond acceptors (Lipinski definition) is 3. The maximum absolute atomic E-state index is 12.6. The minimum atomic E-state index is -0.904. The molecule has 0 heterocycles. The van der Waals surface area contributed by atoms with E-state index in [9.17, 15) is 9.59 Å². The van der Waals surface area contributed by atoms with E-state index in [-0.39, 0.29) is 11.8 Å². The first-order valence-electron chi connectivity index (χ1n) is 8.88. The van der Waals surface area contributed by atoms with Crippen molar-refractivity contribution in [2.45, 2.75) is 25.8 Å². The van der Waals surface area contributed by atoms with Crippen molar-refractivity contribution in [2.24, 2.45) is 5.41 Å². The molecule has 0 aliphatic heterocycles. The van der Waals surface area contributed by atoms with E-state index in [0.717, 1.165) is 17.7 Å². The predicted molar refractivity (Wildman–Crippen MR) is 99.7 cm³/mol. The molecule has 2 amide bonds. The molecule has 0 unspecified atom stereocenters. The van der Waals surface area contributed by atoms with Gasteiger partial charge in [-0.1, -0.05) is 48.5 Å². The van der Waals surface area contributed by atoms with Gasteiger partial charge in [-0.15, -0.1) is 0 Å². The summed E-state index contributed by atoms with van der Waals surface area (Å²) in [6.07, 6.45) is 1.95. The highest BCUT2D eigenvalue weighted by Crippen LogP contribution is 2.46. The number of carbonyl (C=O) groups is 2. The highest BCUT2D eigenvalue weighted by Gasteiger charge is 2.56. The second-order valence-corrected chi connectivity index (χ2v) is 6.57. The molecule has 2 aromatic rings. The van der Waals surface area contributed by atoms with Gasteiger partial charge >= 0.3 is 0 Å². The normalized spacial score (nSPS) is 14.3. The van der Waals surface area contributed by atoms with Crippen LogP contribution >= 0.6 is 0 Å². The zero-order chi connectivity index (χ0) is 18.4. The fraction of sp³-hybridized carbons (Fsp3) is 0.333. The smallest absolute Gasteiger partial charge is 0.235 e. The molecule has 1 aliphatic rings. The summed E-state index contributed by atoms with van der Waals surface area (Å²) < 4.78 is 5.29. The maximum Gasteiger partial charge on any atom is 0.235 e. The molecule has 1 saturated carbocycles. The standard InChI is InChI=1S/C21H24N2O3/c1-26-18-10-6-5-9-17(18)15-23-20(25)21(12-13-21)19(24)22-14-11-16-7-3-2-4-8-16/h2-10H,11-15H2,1H3,(H,22,24)(H,23,25). The number of para-hydroxylation sites is 1. The van der Waals surface area contributed by atoms with E-state index < -0.39 is 5.41 Å². The molecule has 0 saturated heterocycles. The number of hydrogen-bond donors (Lipinski definition) is 2. The van der Waals surface area contributed by atoms with Crippen molar-refractivity contribution in [3.63, 3.8) is 0 Å². The summed E-state index contributed by atoms with van der Waals surface area (Å²) in [6.45, 7) is 0.881. The van der Waals surface area contributed by atoms with Gasteiger partial charge in [-0.3, -0.25) is 9.59 Å². The van der Waals surface area contributed by atoms with E-state index in [4.69, 9.17) is 4.74 Å². The van der Waals surface area contributed by atoms with Gasteiger partial charge in [-0.25, -0.2) is 0 Å². The zero-order valence-electron chi connectivity index (χ0n) is 15.0. The quantitative estimate of drug-likeness (QED) is 0.717. The molecule has 1 fully saturated rings. The molecule has 5 nitrogen and oxygen atoms in total. The Hall–Kier alpha value is -2.82. The summed E-state index contributed by atoms with van der Waals surface area (Å²) in [4.78, 5) is 25.1. The molecule has 0 aromatic heterocycles. The van der Waals surface area contributed by atoms with Crippen LogP contribution in [0.1, 0.15) is 24.0 Å². The van der Waals surface area contributed by atoms with Crippen LogP contribution in [0.4, 0.5) is 0 Å². The fourth-order valence-electron chi connectivity index (χ4n) is 3.01. The zero-order valence-corrected chi connectivity index (χ0v) is 15.0. The van der Waals surface area contributed by atoms with Gasteiger partial charge < -0.3 is 15.4 Å². The van der Waals surface area contributed by atoms with E-state index in [0.29, 0.717) is 25.9 Å². The monoisotopic (exact) mass is 352 g/mol. The van der Waals surface area contributed by atoms with Crippen molar-refractivity contribution in [3.05, 3.63) is 65.7 Å². The SMILES string of the molecule is COc1ccccc1CNC(=O)C1(C(=O)NCCc2ccccc2)CC1. The van der Waals surface area contributed by atoms with Gasteiger partial charge in [0.1, 0.15) is 11.2 Å². The first-order chi connectivity index (χ1) is 12.7. The molecule has 136 valence electrons. The van der Waals surface area contributed by atoms with Crippen LogP contribution in [-0.2, 0) is 22.6 Å². The van der Waals surface area contributed by atoms with Crippen LogP contribution in [0.3, 0.4) is 0 Å². The minimum Gasteiger partial charge on any atom is -0.496 e. The van der Waals surface area contributed by atoms with Crippen molar-refractivity contribution in [2.75, 3.05) is 13.7 Å². The number of amides is 2. The molecule has 26 heavy (non-hydrogen) atoms. The highest BCUT2D eigenvalue weighted by atomic mass is 16.5. The summed E-state index contributed by atoms with van der Waals surface area (Å²) >= 11 is 0. The molecular formula is C21H24N2O3. The van der Waals surface area contributed by atoms with Crippen LogP contribution in [0, 0.1) is 5.41 Å². The van der Waals surface area contributed by atoms with E-state index in [2.05, 4.69) is 10.6 Å². The topological polar surface area (TPSA) is 67.4 Å². The van der Waals surface area contributed by atoms with Crippen molar-refractivity contribution in [1.82, 2.24) is 10.6 Å². The summed E-state index contributed by atoms with van der Waals surface area (Å²) in [5, 5.41) is 5.80. The highest BCUT2D eigenvalue weighted by molar-refractivity contribution is 6.07. The molecule has 0 spiro atoms. The predicted octanol–water partition coefficient (Wildman–Crippen LogP) is 2.45. The molecule has 5 heteroatoms. The molecule has 1 aliphatic carbocycles. The van der Waals surface area contributed by atoms with Crippen LogP contribution in [0.25, 0.3) is 0 Å². The van der Waals surface area contributed by atoms with Gasteiger partial charge in [0.15, 0.2) is 0 Å². The van der Waals surface area contributed by atoms with Crippen LogP contribution in [0.5, 0.6) is 5.75 Å². The summed E-state index contributed by atoms with van der Waals surface area (Å²) in [5.41, 5.74) is 1.15. The second-order valence-electron chi connectivity index (χ2n) is 6.57. The first kappa shape index (κ1) is 18.0. The first-order valence-corrected chi connectivity index (χ1v) is 8.88. The largest absolute Gasteiger partial charge is 0.496 e. The Morgan fingerprint density at radius 2 is 1.62 bits per heavy atom. The van der Waals surface area contributed by atoms with Crippen LogP contribution in [0.2, 0.25) is 0 Å². The number of benzene rings is 2. The Morgan fingerprint density at radius 3 is 2.31 bits per heavy atom. The molecular weight excluding hydrogens is 328 g/mol. The number of methoxy groups -OCH3 is 1. The van der Waals surface area contributed by atoms with Gasteiger partial charge in [0.2, 0.25) is 11.8 Å².